The van der Waals surface area contributed by atoms with Crippen molar-refractivity contribution in [2.75, 3.05) is 6.61 Å². The van der Waals surface area contributed by atoms with Gasteiger partial charge >= 0.3 is 0 Å². The van der Waals surface area contributed by atoms with E-state index in [4.69, 9.17) is 5.11 Å². The molecule has 12 heavy (non-hydrogen) atoms. The summed E-state index contributed by atoms with van der Waals surface area (Å²) in [5.74, 6) is 0. The standard InChI is InChI=1S/C10H15NO/c12-8-7-11-6-5-9-3-1-2-4-10(9)11/h5-6,12H,1-4,7-8H2. The van der Waals surface area contributed by atoms with Gasteiger partial charge in [-0.25, -0.2) is 0 Å². The highest BCUT2D eigenvalue weighted by atomic mass is 16.3. The van der Waals surface area contributed by atoms with Crippen molar-refractivity contribution >= 4 is 0 Å². The Hall–Kier alpha value is -0.760. The number of aryl methyl sites for hydroxylation is 1. The van der Waals surface area contributed by atoms with Crippen LogP contribution in [0.4, 0.5) is 0 Å². The minimum atomic E-state index is 0.251. The smallest absolute Gasteiger partial charge is 0.0610 e. The maximum Gasteiger partial charge on any atom is 0.0610 e. The van der Waals surface area contributed by atoms with E-state index in [0.29, 0.717) is 0 Å². The number of rotatable bonds is 2. The second-order valence-corrected chi connectivity index (χ2v) is 3.41. The van der Waals surface area contributed by atoms with Gasteiger partial charge in [-0.15, -0.1) is 0 Å². The number of fused-ring (bicyclic) bond motifs is 1. The van der Waals surface area contributed by atoms with Crippen LogP contribution in [-0.4, -0.2) is 16.3 Å². The van der Waals surface area contributed by atoms with Crippen LogP contribution in [0.25, 0.3) is 0 Å². The van der Waals surface area contributed by atoms with Crippen LogP contribution in [0.1, 0.15) is 24.1 Å². The maximum atomic E-state index is 8.82. The van der Waals surface area contributed by atoms with Gasteiger partial charge in [-0.2, -0.15) is 0 Å². The van der Waals surface area contributed by atoms with Crippen LogP contribution in [0.15, 0.2) is 12.3 Å². The van der Waals surface area contributed by atoms with Crippen LogP contribution in [-0.2, 0) is 19.4 Å². The Morgan fingerprint density at radius 3 is 3.00 bits per heavy atom. The highest BCUT2D eigenvalue weighted by Gasteiger charge is 2.12. The molecule has 66 valence electrons. The zero-order valence-electron chi connectivity index (χ0n) is 7.29. The molecule has 1 aliphatic carbocycles. The number of nitrogens with zero attached hydrogens (tertiary/aromatic N) is 1. The molecule has 0 radical (unpaired) electrons. The fourth-order valence-electron chi connectivity index (χ4n) is 2.01. The fourth-order valence-corrected chi connectivity index (χ4v) is 2.01. The zero-order valence-corrected chi connectivity index (χ0v) is 7.29. The average molecular weight is 165 g/mol. The van der Waals surface area contributed by atoms with Gasteiger partial charge in [-0.3, -0.25) is 0 Å². The monoisotopic (exact) mass is 165 g/mol. The van der Waals surface area contributed by atoms with Gasteiger partial charge in [0.1, 0.15) is 0 Å². The summed E-state index contributed by atoms with van der Waals surface area (Å²) < 4.78 is 2.19. The lowest BCUT2D eigenvalue weighted by molar-refractivity contribution is 0.274. The molecule has 0 fully saturated rings. The predicted octanol–water partition coefficient (Wildman–Crippen LogP) is 1.36. The van der Waals surface area contributed by atoms with Gasteiger partial charge in [0.15, 0.2) is 0 Å². The Kier molecular flexibility index (Phi) is 2.17. The summed E-state index contributed by atoms with van der Waals surface area (Å²) in [6, 6.07) is 2.20. The number of hydrogen-bond donors (Lipinski definition) is 1. The lowest BCUT2D eigenvalue weighted by atomic mass is 9.98. The third kappa shape index (κ3) is 1.27. The molecule has 2 nitrogen and oxygen atoms in total. The third-order valence-electron chi connectivity index (χ3n) is 2.62. The summed E-state index contributed by atoms with van der Waals surface area (Å²) in [6.45, 7) is 1.01. The van der Waals surface area contributed by atoms with Crippen LogP contribution in [0.2, 0.25) is 0 Å². The van der Waals surface area contributed by atoms with Crippen LogP contribution in [0.5, 0.6) is 0 Å². The van der Waals surface area contributed by atoms with E-state index in [9.17, 15) is 0 Å². The van der Waals surface area contributed by atoms with E-state index in [1.807, 2.05) is 0 Å². The minimum absolute atomic E-state index is 0.251. The van der Waals surface area contributed by atoms with Crippen LogP contribution < -0.4 is 0 Å². The first-order valence-electron chi connectivity index (χ1n) is 4.69. The number of aromatic nitrogens is 1. The molecule has 0 saturated carbocycles. The van der Waals surface area contributed by atoms with Crippen LogP contribution >= 0.6 is 0 Å². The van der Waals surface area contributed by atoms with Gasteiger partial charge < -0.3 is 9.67 Å². The molecule has 0 spiro atoms. The van der Waals surface area contributed by atoms with Gasteiger partial charge in [-0.05, 0) is 37.3 Å². The molecule has 2 heteroatoms. The molecule has 0 unspecified atom stereocenters. The molecule has 1 heterocycles. The highest BCUT2D eigenvalue weighted by molar-refractivity contribution is 5.24. The van der Waals surface area contributed by atoms with Crippen molar-refractivity contribution < 1.29 is 5.11 Å². The first-order valence-corrected chi connectivity index (χ1v) is 4.69. The molecule has 0 atom stereocenters. The van der Waals surface area contributed by atoms with Crippen molar-refractivity contribution in [2.24, 2.45) is 0 Å². The summed E-state index contributed by atoms with van der Waals surface area (Å²) in [7, 11) is 0. The normalized spacial score (nSPS) is 16.1. The first-order chi connectivity index (χ1) is 5.92. The summed E-state index contributed by atoms with van der Waals surface area (Å²) in [4.78, 5) is 0. The van der Waals surface area contributed by atoms with Crippen LogP contribution in [0, 0.1) is 0 Å². The van der Waals surface area contributed by atoms with E-state index in [1.165, 1.54) is 36.9 Å². The molecule has 1 aromatic rings. The van der Waals surface area contributed by atoms with Crippen molar-refractivity contribution in [3.8, 4) is 0 Å². The molecule has 2 rings (SSSR count). The van der Waals surface area contributed by atoms with E-state index in [0.717, 1.165) is 6.54 Å². The Balaban J connectivity index is 2.25. The second kappa shape index (κ2) is 3.31. The molecule has 0 saturated heterocycles. The van der Waals surface area contributed by atoms with Crippen molar-refractivity contribution in [3.05, 3.63) is 23.5 Å². The lowest BCUT2D eigenvalue weighted by Crippen LogP contribution is -2.09. The van der Waals surface area contributed by atoms with Gasteiger partial charge in [0, 0.05) is 18.4 Å². The Bertz CT molecular complexity index is 265. The van der Waals surface area contributed by atoms with Crippen molar-refractivity contribution in [3.63, 3.8) is 0 Å². The zero-order chi connectivity index (χ0) is 8.39. The lowest BCUT2D eigenvalue weighted by Gasteiger charge is -2.14. The quantitative estimate of drug-likeness (QED) is 0.703. The summed E-state index contributed by atoms with van der Waals surface area (Å²) in [5.41, 5.74) is 2.95. The topological polar surface area (TPSA) is 25.2 Å². The SMILES string of the molecule is OCCn1ccc2c1CCCC2. The van der Waals surface area contributed by atoms with Crippen molar-refractivity contribution in [1.29, 1.82) is 0 Å². The molecule has 1 N–H and O–H groups in total. The fraction of sp³-hybridized carbons (Fsp3) is 0.600. The molecule has 0 aliphatic heterocycles. The number of aliphatic hydroxyl groups excluding tert-OH is 1. The molecular formula is C10H15NO. The average Bonchev–Trinajstić information content (AvgIpc) is 2.50. The van der Waals surface area contributed by atoms with E-state index in [-0.39, 0.29) is 6.61 Å². The maximum absolute atomic E-state index is 8.82. The van der Waals surface area contributed by atoms with Crippen molar-refractivity contribution in [1.82, 2.24) is 4.57 Å². The Morgan fingerprint density at radius 2 is 2.17 bits per heavy atom. The van der Waals surface area contributed by atoms with E-state index >= 15 is 0 Å². The van der Waals surface area contributed by atoms with Crippen molar-refractivity contribution in [2.45, 2.75) is 32.2 Å². The largest absolute Gasteiger partial charge is 0.395 e. The molecule has 0 amide bonds. The van der Waals surface area contributed by atoms with E-state index < -0.39 is 0 Å². The van der Waals surface area contributed by atoms with Gasteiger partial charge in [0.05, 0.1) is 6.61 Å². The third-order valence-corrected chi connectivity index (χ3v) is 2.62. The molecule has 0 bridgehead atoms. The summed E-state index contributed by atoms with van der Waals surface area (Å²) in [6.07, 6.45) is 7.17. The molecular weight excluding hydrogens is 150 g/mol. The summed E-state index contributed by atoms with van der Waals surface area (Å²) >= 11 is 0. The van der Waals surface area contributed by atoms with Crippen LogP contribution in [0.3, 0.4) is 0 Å². The van der Waals surface area contributed by atoms with Gasteiger partial charge in [-0.1, -0.05) is 0 Å². The second-order valence-electron chi connectivity index (χ2n) is 3.41. The Morgan fingerprint density at radius 1 is 1.33 bits per heavy atom. The molecule has 1 aromatic heterocycles. The molecule has 1 aliphatic rings. The number of aliphatic hydroxyl groups is 1. The summed E-state index contributed by atoms with van der Waals surface area (Å²) in [5, 5.41) is 8.82. The van der Waals surface area contributed by atoms with Gasteiger partial charge in [0.25, 0.3) is 0 Å². The predicted molar refractivity (Wildman–Crippen MR) is 48.2 cm³/mol. The number of hydrogen-bond acceptors (Lipinski definition) is 1. The van der Waals surface area contributed by atoms with Gasteiger partial charge in [0.2, 0.25) is 0 Å². The van der Waals surface area contributed by atoms with E-state index in [2.05, 4.69) is 16.8 Å². The Labute approximate surface area is 72.8 Å². The first kappa shape index (κ1) is 7.87. The van der Waals surface area contributed by atoms with E-state index in [1.54, 1.807) is 0 Å². The highest BCUT2D eigenvalue weighted by Crippen LogP contribution is 2.21. The minimum Gasteiger partial charge on any atom is -0.395 e. The molecule has 0 aromatic carbocycles.